The van der Waals surface area contributed by atoms with Crippen molar-refractivity contribution in [2.45, 2.75) is 47.1 Å². The molecule has 23 heavy (non-hydrogen) atoms. The highest BCUT2D eigenvalue weighted by atomic mass is 16.5. The first-order chi connectivity index (χ1) is 11.1. The Morgan fingerprint density at radius 2 is 1.91 bits per heavy atom. The van der Waals surface area contributed by atoms with Gasteiger partial charge in [-0.1, -0.05) is 19.0 Å². The van der Waals surface area contributed by atoms with Crippen LogP contribution in [0.4, 0.5) is 0 Å². The summed E-state index contributed by atoms with van der Waals surface area (Å²) in [4.78, 5) is 8.07. The van der Waals surface area contributed by atoms with E-state index in [4.69, 9.17) is 9.26 Å². The van der Waals surface area contributed by atoms with Crippen LogP contribution in [0.3, 0.4) is 0 Å². The molecule has 1 fully saturated rings. The molecule has 0 amide bonds. The van der Waals surface area contributed by atoms with Gasteiger partial charge in [-0.15, -0.1) is 0 Å². The van der Waals surface area contributed by atoms with Gasteiger partial charge in [0, 0.05) is 12.0 Å². The highest BCUT2D eigenvalue weighted by Crippen LogP contribution is 2.33. The van der Waals surface area contributed by atoms with Crippen LogP contribution >= 0.6 is 0 Å². The molecular weight excluding hydrogens is 290 g/mol. The van der Waals surface area contributed by atoms with Crippen LogP contribution in [-0.4, -0.2) is 21.7 Å². The van der Waals surface area contributed by atoms with Crippen LogP contribution in [0.5, 0.6) is 0 Å². The zero-order chi connectivity index (χ0) is 16.6. The van der Waals surface area contributed by atoms with Crippen molar-refractivity contribution < 1.29 is 9.26 Å². The van der Waals surface area contributed by atoms with Crippen LogP contribution < -0.4 is 0 Å². The van der Waals surface area contributed by atoms with E-state index in [1.54, 1.807) is 0 Å². The van der Waals surface area contributed by atoms with Crippen LogP contribution in [0.15, 0.2) is 16.7 Å². The molecule has 0 spiro atoms. The lowest BCUT2D eigenvalue weighted by atomic mass is 10.0. The number of aryl methyl sites for hydroxylation is 3. The average molecular weight is 313 g/mol. The number of nitrogens with zero attached hydrogens (tertiary/aromatic N) is 2. The summed E-state index contributed by atoms with van der Waals surface area (Å²) in [6.45, 7) is 10.8. The minimum Gasteiger partial charge on any atom is -0.370 e. The highest BCUT2D eigenvalue weighted by molar-refractivity contribution is 5.86. The molecule has 1 aromatic carbocycles. The SMILES string of the molecule is CC.Cc1noc(C)c1-c1cc(C)c2nc(C3CCO3)[nH]c2c1. The van der Waals surface area contributed by atoms with E-state index in [1.807, 2.05) is 27.7 Å². The maximum Gasteiger partial charge on any atom is 0.141 e. The van der Waals surface area contributed by atoms with Gasteiger partial charge in [0.1, 0.15) is 17.7 Å². The molecule has 1 atom stereocenters. The van der Waals surface area contributed by atoms with Crippen molar-refractivity contribution in [2.75, 3.05) is 6.61 Å². The summed E-state index contributed by atoms with van der Waals surface area (Å²) >= 11 is 0. The Hall–Kier alpha value is -2.14. The van der Waals surface area contributed by atoms with Gasteiger partial charge < -0.3 is 14.2 Å². The predicted molar refractivity (Wildman–Crippen MR) is 90.5 cm³/mol. The number of aromatic amines is 1. The summed E-state index contributed by atoms with van der Waals surface area (Å²) in [5, 5.41) is 4.04. The number of H-pyrrole nitrogens is 1. The van der Waals surface area contributed by atoms with Crippen molar-refractivity contribution in [1.29, 1.82) is 0 Å². The standard InChI is InChI=1S/C16H17N3O2.C2H6/c1-8-6-11(14-9(2)19-21-10(14)3)7-12-15(8)18-16(17-12)13-4-5-20-13;1-2/h6-7,13H,4-5H2,1-3H3,(H,17,18);1-2H3. The summed E-state index contributed by atoms with van der Waals surface area (Å²) in [5.74, 6) is 1.77. The van der Waals surface area contributed by atoms with Crippen molar-refractivity contribution in [2.24, 2.45) is 0 Å². The van der Waals surface area contributed by atoms with Crippen LogP contribution in [0.1, 0.15) is 49.2 Å². The molecule has 0 radical (unpaired) electrons. The molecule has 1 aliphatic rings. The molecule has 1 unspecified atom stereocenters. The van der Waals surface area contributed by atoms with Crippen molar-refractivity contribution in [3.05, 3.63) is 35.0 Å². The van der Waals surface area contributed by atoms with E-state index in [-0.39, 0.29) is 6.10 Å². The smallest absolute Gasteiger partial charge is 0.141 e. The second-order valence-electron chi connectivity index (χ2n) is 5.66. The van der Waals surface area contributed by atoms with Gasteiger partial charge in [-0.05, 0) is 44.0 Å². The summed E-state index contributed by atoms with van der Waals surface area (Å²) in [6.07, 6.45) is 1.16. The lowest BCUT2D eigenvalue weighted by molar-refractivity contribution is -0.0573. The topological polar surface area (TPSA) is 63.9 Å². The largest absolute Gasteiger partial charge is 0.370 e. The number of hydrogen-bond donors (Lipinski definition) is 1. The Morgan fingerprint density at radius 1 is 1.17 bits per heavy atom. The maximum absolute atomic E-state index is 5.51. The van der Waals surface area contributed by atoms with Crippen molar-refractivity contribution in [1.82, 2.24) is 15.1 Å². The maximum atomic E-state index is 5.51. The number of aromatic nitrogens is 3. The molecule has 3 aromatic rings. The van der Waals surface area contributed by atoms with E-state index in [2.05, 4.69) is 34.2 Å². The monoisotopic (exact) mass is 313 g/mol. The molecule has 3 heterocycles. The van der Waals surface area contributed by atoms with Gasteiger partial charge in [0.2, 0.25) is 0 Å². The number of imidazole rings is 1. The van der Waals surface area contributed by atoms with Gasteiger partial charge in [-0.3, -0.25) is 0 Å². The fourth-order valence-electron chi connectivity index (χ4n) is 2.95. The Labute approximate surface area is 136 Å². The minimum atomic E-state index is 0.124. The van der Waals surface area contributed by atoms with Gasteiger partial charge in [-0.2, -0.15) is 0 Å². The Balaban J connectivity index is 0.000000753. The lowest BCUT2D eigenvalue weighted by Crippen LogP contribution is -2.19. The predicted octanol–water partition coefficient (Wildman–Crippen LogP) is 4.63. The van der Waals surface area contributed by atoms with Crippen LogP contribution in [-0.2, 0) is 4.74 Å². The second kappa shape index (κ2) is 6.16. The summed E-state index contributed by atoms with van der Waals surface area (Å²) < 4.78 is 10.8. The van der Waals surface area contributed by atoms with Crippen LogP contribution in [0, 0.1) is 20.8 Å². The molecule has 0 aliphatic carbocycles. The van der Waals surface area contributed by atoms with E-state index in [1.165, 1.54) is 0 Å². The van der Waals surface area contributed by atoms with Crippen LogP contribution in [0.25, 0.3) is 22.2 Å². The fourth-order valence-corrected chi connectivity index (χ4v) is 2.95. The number of fused-ring (bicyclic) bond motifs is 1. The molecule has 1 aliphatic heterocycles. The Morgan fingerprint density at radius 3 is 2.48 bits per heavy atom. The normalized spacial score (nSPS) is 16.8. The minimum absolute atomic E-state index is 0.124. The van der Waals surface area contributed by atoms with E-state index < -0.39 is 0 Å². The summed E-state index contributed by atoms with van der Waals surface area (Å²) in [6, 6.07) is 4.26. The molecule has 5 nitrogen and oxygen atoms in total. The molecule has 4 rings (SSSR count). The number of nitrogens with one attached hydrogen (secondary N) is 1. The molecule has 0 bridgehead atoms. The number of ether oxygens (including phenoxy) is 1. The first-order valence-electron chi connectivity index (χ1n) is 8.18. The number of hydrogen-bond acceptors (Lipinski definition) is 4. The van der Waals surface area contributed by atoms with Crippen molar-refractivity contribution >= 4 is 11.0 Å². The Kier molecular flexibility index (Phi) is 4.22. The zero-order valence-corrected chi connectivity index (χ0v) is 14.4. The molecular formula is C18H23N3O2. The first-order valence-corrected chi connectivity index (χ1v) is 8.18. The number of benzene rings is 1. The van der Waals surface area contributed by atoms with Gasteiger partial charge in [-0.25, -0.2) is 4.98 Å². The number of rotatable bonds is 2. The third kappa shape index (κ3) is 2.65. The molecule has 1 saturated heterocycles. The van der Waals surface area contributed by atoms with Crippen molar-refractivity contribution in [3.63, 3.8) is 0 Å². The Bertz CT molecular complexity index is 809. The molecule has 1 N–H and O–H groups in total. The second-order valence-corrected chi connectivity index (χ2v) is 5.66. The van der Waals surface area contributed by atoms with E-state index in [0.29, 0.717) is 0 Å². The average Bonchev–Trinajstić information content (AvgIpc) is 3.03. The summed E-state index contributed by atoms with van der Waals surface area (Å²) in [5.41, 5.74) is 6.28. The highest BCUT2D eigenvalue weighted by Gasteiger charge is 2.24. The molecule has 122 valence electrons. The fraction of sp³-hybridized carbons (Fsp3) is 0.444. The zero-order valence-electron chi connectivity index (χ0n) is 14.4. The van der Waals surface area contributed by atoms with Gasteiger partial charge in [0.15, 0.2) is 0 Å². The van der Waals surface area contributed by atoms with Gasteiger partial charge in [0.25, 0.3) is 0 Å². The summed E-state index contributed by atoms with van der Waals surface area (Å²) in [7, 11) is 0. The third-order valence-electron chi connectivity index (χ3n) is 4.12. The van der Waals surface area contributed by atoms with Crippen LogP contribution in [0.2, 0.25) is 0 Å². The lowest BCUT2D eigenvalue weighted by Gasteiger charge is -2.23. The van der Waals surface area contributed by atoms with E-state index >= 15 is 0 Å². The van der Waals surface area contributed by atoms with E-state index in [9.17, 15) is 0 Å². The molecule has 5 heteroatoms. The first kappa shape index (κ1) is 15.7. The molecule has 2 aromatic heterocycles. The van der Waals surface area contributed by atoms with Crippen molar-refractivity contribution in [3.8, 4) is 11.1 Å². The third-order valence-corrected chi connectivity index (χ3v) is 4.12. The van der Waals surface area contributed by atoms with Gasteiger partial charge in [0.05, 0.1) is 23.3 Å². The van der Waals surface area contributed by atoms with Gasteiger partial charge >= 0.3 is 0 Å². The quantitative estimate of drug-likeness (QED) is 0.749. The molecule has 0 saturated carbocycles. The van der Waals surface area contributed by atoms with E-state index in [0.717, 1.165) is 58.0 Å².